The molecule has 400 valence electrons. The van der Waals surface area contributed by atoms with E-state index in [0.717, 1.165) is 109 Å². The zero-order chi connectivity index (χ0) is 50.7. The lowest BCUT2D eigenvalue weighted by Gasteiger charge is -2.18. The third kappa shape index (κ3) is 55.3. The van der Waals surface area contributed by atoms with E-state index in [1.807, 2.05) is 0 Å². The normalized spacial score (nSPS) is 12.8. The first-order valence-corrected chi connectivity index (χ1v) is 29.3. The van der Waals surface area contributed by atoms with Crippen molar-refractivity contribution >= 4 is 17.9 Å². The van der Waals surface area contributed by atoms with E-state index in [2.05, 4.69) is 118 Å². The number of ether oxygens (including phenoxy) is 3. The fourth-order valence-corrected chi connectivity index (χ4v) is 7.93. The van der Waals surface area contributed by atoms with E-state index in [9.17, 15) is 14.4 Å². The number of unbranched alkanes of at least 4 members (excludes halogenated alkanes) is 28. The Bertz CT molecular complexity index is 1400. The van der Waals surface area contributed by atoms with Crippen LogP contribution in [0.1, 0.15) is 271 Å². The SMILES string of the molecule is CCCCC\C=C/C=C\C=C/C=C\CCCCCCCC(=O)OCC(COC(=O)CCCCCCCCC/C=C\C/C=C\CCCCC)OC(=O)CCCCCCCCC/C=C\C/C=C\CCCCC. The molecule has 0 radical (unpaired) electrons. The molecule has 0 bridgehead atoms. The molecular weight excluding hydrogens is 865 g/mol. The highest BCUT2D eigenvalue weighted by molar-refractivity contribution is 5.71. The predicted molar refractivity (Wildman–Crippen MR) is 302 cm³/mol. The molecule has 1 atom stereocenters. The van der Waals surface area contributed by atoms with Gasteiger partial charge in [0.25, 0.3) is 0 Å². The maximum atomic E-state index is 12.9. The number of esters is 3. The van der Waals surface area contributed by atoms with Crippen molar-refractivity contribution in [3.05, 3.63) is 97.2 Å². The molecule has 0 spiro atoms. The molecule has 0 aromatic heterocycles. The minimum atomic E-state index is -0.797. The zero-order valence-electron chi connectivity index (χ0n) is 45.8. The molecule has 0 aliphatic heterocycles. The monoisotopic (exact) mass is 973 g/mol. The average Bonchev–Trinajstić information content (AvgIpc) is 3.36. The summed E-state index contributed by atoms with van der Waals surface area (Å²) in [7, 11) is 0. The Labute approximate surface area is 432 Å². The van der Waals surface area contributed by atoms with E-state index in [4.69, 9.17) is 14.2 Å². The standard InChI is InChI=1S/C64H108O6/c1-4-7-10-13-16-19-22-25-28-31-34-36-39-42-45-48-51-54-57-63(66)69-60-61(70-64(67)58-55-52-49-46-43-40-37-33-30-27-24-21-18-15-12-9-6-3)59-68-62(65)56-53-50-47-44-41-38-35-32-29-26-23-20-17-14-11-8-5-2/h16-22,25-31,34,36,61H,4-15,23-24,32-33,35,37-60H2,1-3H3/b19-16-,20-17-,21-18-,25-22-,29-26-,30-27-,31-28-,36-34-. The molecule has 0 aromatic rings. The molecule has 0 aliphatic carbocycles. The highest BCUT2D eigenvalue weighted by atomic mass is 16.6. The quantitative estimate of drug-likeness (QED) is 0.0199. The van der Waals surface area contributed by atoms with Crippen LogP contribution in [0.3, 0.4) is 0 Å². The number of carbonyl (C=O) groups excluding carboxylic acids is 3. The van der Waals surface area contributed by atoms with Crippen molar-refractivity contribution in [1.29, 1.82) is 0 Å². The number of allylic oxidation sites excluding steroid dienone is 16. The first kappa shape index (κ1) is 66.3. The van der Waals surface area contributed by atoms with Crippen LogP contribution in [0, 0.1) is 0 Å². The molecule has 0 amide bonds. The molecule has 1 unspecified atom stereocenters. The van der Waals surface area contributed by atoms with E-state index < -0.39 is 6.10 Å². The lowest BCUT2D eigenvalue weighted by molar-refractivity contribution is -0.167. The molecule has 0 N–H and O–H groups in total. The van der Waals surface area contributed by atoms with Crippen molar-refractivity contribution < 1.29 is 28.6 Å². The number of hydrogen-bond donors (Lipinski definition) is 0. The van der Waals surface area contributed by atoms with Gasteiger partial charge in [0.1, 0.15) is 13.2 Å². The highest BCUT2D eigenvalue weighted by Crippen LogP contribution is 2.14. The maximum absolute atomic E-state index is 12.9. The smallest absolute Gasteiger partial charge is 0.306 e. The van der Waals surface area contributed by atoms with Gasteiger partial charge in [-0.1, -0.05) is 240 Å². The summed E-state index contributed by atoms with van der Waals surface area (Å²) in [4.78, 5) is 38.2. The van der Waals surface area contributed by atoms with Crippen LogP contribution in [0.2, 0.25) is 0 Å². The van der Waals surface area contributed by atoms with E-state index in [1.165, 1.54) is 122 Å². The van der Waals surface area contributed by atoms with Crippen LogP contribution >= 0.6 is 0 Å². The summed E-state index contributed by atoms with van der Waals surface area (Å²) in [6, 6.07) is 0. The number of rotatable bonds is 52. The number of hydrogen-bond acceptors (Lipinski definition) is 6. The Balaban J connectivity index is 4.47. The molecule has 0 saturated carbocycles. The molecule has 0 heterocycles. The van der Waals surface area contributed by atoms with Crippen LogP contribution in [0.4, 0.5) is 0 Å². The summed E-state index contributed by atoms with van der Waals surface area (Å²) >= 11 is 0. The Morgan fingerprint density at radius 1 is 0.300 bits per heavy atom. The van der Waals surface area contributed by atoms with Crippen molar-refractivity contribution in [2.24, 2.45) is 0 Å². The summed E-state index contributed by atoms with van der Waals surface area (Å²) in [5.41, 5.74) is 0. The average molecular weight is 974 g/mol. The van der Waals surface area contributed by atoms with Crippen molar-refractivity contribution in [3.63, 3.8) is 0 Å². The van der Waals surface area contributed by atoms with E-state index in [0.29, 0.717) is 19.3 Å². The maximum Gasteiger partial charge on any atom is 0.306 e. The van der Waals surface area contributed by atoms with Gasteiger partial charge in [-0.3, -0.25) is 14.4 Å². The molecule has 6 nitrogen and oxygen atoms in total. The van der Waals surface area contributed by atoms with Gasteiger partial charge in [0.05, 0.1) is 0 Å². The lowest BCUT2D eigenvalue weighted by atomic mass is 10.1. The van der Waals surface area contributed by atoms with Gasteiger partial charge in [-0.2, -0.15) is 0 Å². The van der Waals surface area contributed by atoms with Gasteiger partial charge in [-0.05, 0) is 109 Å². The van der Waals surface area contributed by atoms with Gasteiger partial charge in [-0.25, -0.2) is 0 Å². The van der Waals surface area contributed by atoms with Crippen molar-refractivity contribution in [2.45, 2.75) is 277 Å². The van der Waals surface area contributed by atoms with Crippen LogP contribution in [-0.4, -0.2) is 37.2 Å². The van der Waals surface area contributed by atoms with Crippen LogP contribution in [0.15, 0.2) is 97.2 Å². The largest absolute Gasteiger partial charge is 0.462 e. The van der Waals surface area contributed by atoms with E-state index >= 15 is 0 Å². The second-order valence-corrected chi connectivity index (χ2v) is 19.3. The first-order chi connectivity index (χ1) is 34.5. The van der Waals surface area contributed by atoms with E-state index in [1.54, 1.807) is 0 Å². The lowest BCUT2D eigenvalue weighted by Crippen LogP contribution is -2.30. The molecular formula is C64H108O6. The van der Waals surface area contributed by atoms with Crippen LogP contribution in [0.25, 0.3) is 0 Å². The Morgan fingerprint density at radius 2 is 0.571 bits per heavy atom. The summed E-state index contributed by atoms with van der Waals surface area (Å²) < 4.78 is 16.9. The van der Waals surface area contributed by atoms with Gasteiger partial charge in [0.15, 0.2) is 6.10 Å². The van der Waals surface area contributed by atoms with Gasteiger partial charge < -0.3 is 14.2 Å². The Hall–Kier alpha value is -3.67. The second kappa shape index (κ2) is 57.9. The molecule has 0 rings (SSSR count). The first-order valence-electron chi connectivity index (χ1n) is 29.3. The third-order valence-electron chi connectivity index (χ3n) is 12.4. The fraction of sp³-hybridized carbons (Fsp3) is 0.703. The van der Waals surface area contributed by atoms with Crippen LogP contribution < -0.4 is 0 Å². The van der Waals surface area contributed by atoms with Gasteiger partial charge in [-0.15, -0.1) is 0 Å². The molecule has 6 heteroatoms. The zero-order valence-corrected chi connectivity index (χ0v) is 45.8. The molecule has 70 heavy (non-hydrogen) atoms. The third-order valence-corrected chi connectivity index (χ3v) is 12.4. The summed E-state index contributed by atoms with van der Waals surface area (Å²) in [6.45, 7) is 6.53. The molecule has 0 fully saturated rings. The van der Waals surface area contributed by atoms with Crippen molar-refractivity contribution in [1.82, 2.24) is 0 Å². The van der Waals surface area contributed by atoms with Crippen LogP contribution in [0.5, 0.6) is 0 Å². The Kier molecular flexibility index (Phi) is 54.9. The molecule has 0 saturated heterocycles. The summed E-state index contributed by atoms with van der Waals surface area (Å²) in [6.07, 6.45) is 76.7. The minimum Gasteiger partial charge on any atom is -0.462 e. The van der Waals surface area contributed by atoms with Gasteiger partial charge >= 0.3 is 17.9 Å². The highest BCUT2D eigenvalue weighted by Gasteiger charge is 2.19. The topological polar surface area (TPSA) is 78.9 Å². The van der Waals surface area contributed by atoms with E-state index in [-0.39, 0.29) is 31.1 Å². The summed E-state index contributed by atoms with van der Waals surface area (Å²) in [5.74, 6) is -0.927. The number of carbonyl (C=O) groups is 3. The van der Waals surface area contributed by atoms with Gasteiger partial charge in [0.2, 0.25) is 0 Å². The fourth-order valence-electron chi connectivity index (χ4n) is 7.93. The minimum absolute atomic E-state index is 0.0933. The predicted octanol–water partition coefficient (Wildman–Crippen LogP) is 19.7. The molecule has 0 aromatic carbocycles. The second-order valence-electron chi connectivity index (χ2n) is 19.3. The van der Waals surface area contributed by atoms with Crippen molar-refractivity contribution in [3.8, 4) is 0 Å². The molecule has 0 aliphatic rings. The van der Waals surface area contributed by atoms with Crippen LogP contribution in [-0.2, 0) is 28.6 Å². The van der Waals surface area contributed by atoms with Gasteiger partial charge in [0, 0.05) is 19.3 Å². The Morgan fingerprint density at radius 3 is 0.914 bits per heavy atom. The summed E-state index contributed by atoms with van der Waals surface area (Å²) in [5, 5.41) is 0. The van der Waals surface area contributed by atoms with Crippen molar-refractivity contribution in [2.75, 3.05) is 13.2 Å².